The van der Waals surface area contributed by atoms with Crippen molar-refractivity contribution in [3.63, 3.8) is 0 Å². The lowest BCUT2D eigenvalue weighted by Gasteiger charge is -2.36. The Kier molecular flexibility index (Phi) is 6.90. The second kappa shape index (κ2) is 10.3. The molecule has 0 amide bonds. The number of esters is 2. The molecule has 3 aromatic rings. The minimum absolute atomic E-state index is 0.271. The summed E-state index contributed by atoms with van der Waals surface area (Å²) in [6.07, 6.45) is 3.71. The van der Waals surface area contributed by atoms with Gasteiger partial charge in [0.15, 0.2) is 11.2 Å². The maximum absolute atomic E-state index is 14.5. The summed E-state index contributed by atoms with van der Waals surface area (Å²) in [5, 5.41) is 10.8. The maximum atomic E-state index is 14.5. The van der Waals surface area contributed by atoms with E-state index in [4.69, 9.17) is 9.47 Å². The number of methoxy groups -OCH3 is 1. The topological polar surface area (TPSA) is 99.9 Å². The summed E-state index contributed by atoms with van der Waals surface area (Å²) in [7, 11) is 5.11. The van der Waals surface area contributed by atoms with Crippen LogP contribution in [0.25, 0.3) is 6.08 Å². The van der Waals surface area contributed by atoms with Gasteiger partial charge in [0.05, 0.1) is 19.2 Å². The number of anilines is 2. The summed E-state index contributed by atoms with van der Waals surface area (Å²) in [4.78, 5) is 43.4. The van der Waals surface area contributed by atoms with E-state index in [-0.39, 0.29) is 5.78 Å². The van der Waals surface area contributed by atoms with Gasteiger partial charge in [0, 0.05) is 43.9 Å². The molecule has 2 aliphatic heterocycles. The highest BCUT2D eigenvalue weighted by molar-refractivity contribution is 6.06. The minimum Gasteiger partial charge on any atom is -0.468 e. The molecule has 202 valence electrons. The van der Waals surface area contributed by atoms with E-state index >= 15 is 0 Å². The molecule has 4 atom stereocenters. The third-order valence-electron chi connectivity index (χ3n) is 7.69. The van der Waals surface area contributed by atoms with Crippen molar-refractivity contribution in [2.24, 2.45) is 5.41 Å². The van der Waals surface area contributed by atoms with Crippen LogP contribution in [0.2, 0.25) is 0 Å². The average Bonchev–Trinajstić information content (AvgIpc) is 3.28. The number of nitrogens with zero attached hydrogens (tertiary/aromatic N) is 3. The van der Waals surface area contributed by atoms with Crippen molar-refractivity contribution in [3.05, 3.63) is 95.6 Å². The van der Waals surface area contributed by atoms with E-state index in [0.717, 1.165) is 16.9 Å². The second-order valence-corrected chi connectivity index (χ2v) is 10.1. The molecule has 0 bridgehead atoms. The number of hydrogen-bond acceptors (Lipinski definition) is 8. The van der Waals surface area contributed by atoms with Gasteiger partial charge < -0.3 is 19.3 Å². The summed E-state index contributed by atoms with van der Waals surface area (Å²) in [6.45, 7) is 1.31. The molecule has 40 heavy (non-hydrogen) atoms. The Morgan fingerprint density at radius 1 is 0.975 bits per heavy atom. The third kappa shape index (κ3) is 4.20. The van der Waals surface area contributed by atoms with Crippen LogP contribution in [0.4, 0.5) is 11.4 Å². The van der Waals surface area contributed by atoms with Gasteiger partial charge >= 0.3 is 11.9 Å². The zero-order valence-electron chi connectivity index (χ0n) is 22.7. The molecule has 0 aromatic heterocycles. The third-order valence-corrected chi connectivity index (χ3v) is 7.69. The first kappa shape index (κ1) is 26.7. The standard InChI is InChI=1S/C32H29N3O5/c1-20(36)40-25-16-11-23(12-17-25)30(37)29-28(22-9-14-24(15-10-22)34(2)3)32(19-33,31(38)39-4)27-18-13-21-7-5-6-8-26(21)35(27)29/h5-18,27-29H,1-4H3/t27-,28-,29+,32-/m0/s1. The van der Waals surface area contributed by atoms with Crippen molar-refractivity contribution in [3.8, 4) is 11.8 Å². The number of fused-ring (bicyclic) bond motifs is 3. The first-order valence-electron chi connectivity index (χ1n) is 12.9. The molecule has 1 fully saturated rings. The van der Waals surface area contributed by atoms with Crippen LogP contribution in [0, 0.1) is 16.7 Å². The highest BCUT2D eigenvalue weighted by Crippen LogP contribution is 2.56. The Labute approximate surface area is 233 Å². The molecule has 2 heterocycles. The molecule has 0 spiro atoms. The van der Waals surface area contributed by atoms with Gasteiger partial charge in [0.1, 0.15) is 11.8 Å². The number of Topliss-reactive ketones (excluding diaryl/α,β-unsaturated/α-hetero) is 1. The van der Waals surface area contributed by atoms with Gasteiger partial charge in [-0.25, -0.2) is 0 Å². The Morgan fingerprint density at radius 3 is 2.25 bits per heavy atom. The highest BCUT2D eigenvalue weighted by atomic mass is 16.5. The molecule has 0 saturated carbocycles. The van der Waals surface area contributed by atoms with Gasteiger partial charge in [-0.3, -0.25) is 14.4 Å². The molecule has 2 aliphatic rings. The SMILES string of the molecule is COC(=O)[C@@]1(C#N)[C@@H]2C=Cc3ccccc3N2[C@@H](C(=O)c2ccc(OC(C)=O)cc2)[C@@H]1c1ccc(N(C)C)cc1. The van der Waals surface area contributed by atoms with Crippen LogP contribution in [0.3, 0.4) is 0 Å². The molecular weight excluding hydrogens is 506 g/mol. The van der Waals surface area contributed by atoms with Crippen LogP contribution in [-0.4, -0.2) is 51.0 Å². The Balaban J connectivity index is 1.74. The maximum Gasteiger partial charge on any atom is 0.329 e. The molecule has 8 heteroatoms. The van der Waals surface area contributed by atoms with Crippen molar-refractivity contribution >= 4 is 35.2 Å². The zero-order valence-corrected chi connectivity index (χ0v) is 22.7. The van der Waals surface area contributed by atoms with Crippen molar-refractivity contribution in [1.29, 1.82) is 5.26 Å². The lowest BCUT2D eigenvalue weighted by atomic mass is 9.68. The molecule has 3 aromatic carbocycles. The normalized spacial score (nSPS) is 22.5. The number of carbonyl (C=O) groups is 3. The Morgan fingerprint density at radius 2 is 1.65 bits per heavy atom. The largest absolute Gasteiger partial charge is 0.468 e. The Bertz CT molecular complexity index is 1540. The monoisotopic (exact) mass is 535 g/mol. The number of hydrogen-bond donors (Lipinski definition) is 0. The number of para-hydroxylation sites is 1. The van der Waals surface area contributed by atoms with Gasteiger partial charge in [0.25, 0.3) is 0 Å². The van der Waals surface area contributed by atoms with Gasteiger partial charge in [-0.05, 0) is 53.6 Å². The molecule has 0 radical (unpaired) electrons. The average molecular weight is 536 g/mol. The zero-order chi connectivity index (χ0) is 28.6. The minimum atomic E-state index is -1.71. The summed E-state index contributed by atoms with van der Waals surface area (Å²) >= 11 is 0. The number of ketones is 1. The van der Waals surface area contributed by atoms with Gasteiger partial charge in [0.2, 0.25) is 0 Å². The molecule has 8 nitrogen and oxygen atoms in total. The molecule has 1 saturated heterocycles. The first-order valence-corrected chi connectivity index (χ1v) is 12.9. The number of ether oxygens (including phenoxy) is 2. The summed E-state index contributed by atoms with van der Waals surface area (Å²) in [5.74, 6) is -1.98. The fourth-order valence-electron chi connectivity index (χ4n) is 5.91. The molecule has 0 aliphatic carbocycles. The van der Waals surface area contributed by atoms with Crippen molar-refractivity contribution in [2.75, 3.05) is 31.0 Å². The van der Waals surface area contributed by atoms with Crippen LogP contribution in [0.15, 0.2) is 78.9 Å². The smallest absolute Gasteiger partial charge is 0.329 e. The van der Waals surface area contributed by atoms with E-state index in [2.05, 4.69) is 6.07 Å². The van der Waals surface area contributed by atoms with Crippen LogP contribution in [-0.2, 0) is 14.3 Å². The van der Waals surface area contributed by atoms with E-state index < -0.39 is 35.4 Å². The fraction of sp³-hybridized carbons (Fsp3) is 0.250. The van der Waals surface area contributed by atoms with Crippen molar-refractivity contribution in [2.45, 2.75) is 24.9 Å². The lowest BCUT2D eigenvalue weighted by molar-refractivity contribution is -0.150. The van der Waals surface area contributed by atoms with Crippen LogP contribution >= 0.6 is 0 Å². The van der Waals surface area contributed by atoms with E-state index in [1.54, 1.807) is 24.3 Å². The number of benzene rings is 3. The summed E-state index contributed by atoms with van der Waals surface area (Å²) in [5.41, 5.74) is 1.89. The van der Waals surface area contributed by atoms with E-state index in [1.807, 2.05) is 84.6 Å². The first-order chi connectivity index (χ1) is 19.2. The van der Waals surface area contributed by atoms with E-state index in [0.29, 0.717) is 16.9 Å². The summed E-state index contributed by atoms with van der Waals surface area (Å²) in [6, 6.07) is 22.1. The Hall–Kier alpha value is -4.90. The van der Waals surface area contributed by atoms with Crippen LogP contribution in [0.1, 0.15) is 34.3 Å². The van der Waals surface area contributed by atoms with Crippen LogP contribution in [0.5, 0.6) is 5.75 Å². The predicted molar refractivity (Wildman–Crippen MR) is 151 cm³/mol. The second-order valence-electron chi connectivity index (χ2n) is 10.1. The number of nitriles is 1. The fourth-order valence-corrected chi connectivity index (χ4v) is 5.91. The van der Waals surface area contributed by atoms with Crippen molar-refractivity contribution in [1.82, 2.24) is 0 Å². The summed E-state index contributed by atoms with van der Waals surface area (Å²) < 4.78 is 10.4. The predicted octanol–water partition coefficient (Wildman–Crippen LogP) is 4.61. The van der Waals surface area contributed by atoms with Gasteiger partial charge in [-0.15, -0.1) is 0 Å². The molecular formula is C32H29N3O5. The van der Waals surface area contributed by atoms with E-state index in [1.165, 1.54) is 14.0 Å². The van der Waals surface area contributed by atoms with Gasteiger partial charge in [-0.2, -0.15) is 5.26 Å². The lowest BCUT2D eigenvalue weighted by Crippen LogP contribution is -2.46. The molecule has 0 unspecified atom stereocenters. The molecule has 0 N–H and O–H groups in total. The van der Waals surface area contributed by atoms with E-state index in [9.17, 15) is 19.6 Å². The number of rotatable bonds is 6. The quantitative estimate of drug-likeness (QED) is 0.256. The van der Waals surface area contributed by atoms with Crippen molar-refractivity contribution < 1.29 is 23.9 Å². The van der Waals surface area contributed by atoms with Gasteiger partial charge in [-0.1, -0.05) is 42.5 Å². The highest BCUT2D eigenvalue weighted by Gasteiger charge is 2.67. The van der Waals surface area contributed by atoms with Crippen LogP contribution < -0.4 is 14.5 Å². The molecule has 5 rings (SSSR count). The number of carbonyl (C=O) groups excluding carboxylic acids is 3.